The molecular formula is C13H23N3OS. The molecule has 1 rings (SSSR count). The van der Waals surface area contributed by atoms with Crippen LogP contribution in [0.5, 0.6) is 0 Å². The van der Waals surface area contributed by atoms with Crippen LogP contribution < -0.4 is 5.32 Å². The Labute approximate surface area is 114 Å². The molecule has 2 unspecified atom stereocenters. The van der Waals surface area contributed by atoms with Crippen molar-refractivity contribution in [3.05, 3.63) is 0 Å². The zero-order valence-electron chi connectivity index (χ0n) is 11.5. The van der Waals surface area contributed by atoms with Gasteiger partial charge in [-0.1, -0.05) is 6.92 Å². The molecule has 0 aromatic carbocycles. The highest BCUT2D eigenvalue weighted by Crippen LogP contribution is 2.34. The molecule has 0 saturated heterocycles. The van der Waals surface area contributed by atoms with Crippen LogP contribution >= 0.6 is 11.8 Å². The molecule has 102 valence electrons. The molecule has 0 aromatic rings. The Morgan fingerprint density at radius 2 is 2.33 bits per heavy atom. The largest absolute Gasteiger partial charge is 0.348 e. The Morgan fingerprint density at radius 3 is 2.89 bits per heavy atom. The van der Waals surface area contributed by atoms with Crippen LogP contribution in [0, 0.1) is 11.3 Å². The first-order valence-corrected chi connectivity index (χ1v) is 7.56. The SMILES string of the molecule is CCNC1(C#N)CCCC(SCC(=O)N(C)C)C1. The van der Waals surface area contributed by atoms with E-state index in [0.717, 1.165) is 32.2 Å². The average Bonchev–Trinajstić information content (AvgIpc) is 2.36. The van der Waals surface area contributed by atoms with Gasteiger partial charge in [-0.25, -0.2) is 0 Å². The summed E-state index contributed by atoms with van der Waals surface area (Å²) in [5, 5.41) is 13.1. The van der Waals surface area contributed by atoms with Crippen LogP contribution in [0.25, 0.3) is 0 Å². The van der Waals surface area contributed by atoms with Gasteiger partial charge in [-0.2, -0.15) is 5.26 Å². The van der Waals surface area contributed by atoms with Crippen molar-refractivity contribution in [3.63, 3.8) is 0 Å². The minimum absolute atomic E-state index is 0.150. The molecular weight excluding hydrogens is 246 g/mol. The van der Waals surface area contributed by atoms with E-state index in [1.165, 1.54) is 0 Å². The van der Waals surface area contributed by atoms with Gasteiger partial charge >= 0.3 is 0 Å². The van der Waals surface area contributed by atoms with Crippen LogP contribution in [-0.2, 0) is 4.79 Å². The van der Waals surface area contributed by atoms with E-state index in [1.54, 1.807) is 30.8 Å². The Bertz CT molecular complexity index is 323. The minimum atomic E-state index is -0.369. The van der Waals surface area contributed by atoms with Gasteiger partial charge in [-0.3, -0.25) is 10.1 Å². The second-order valence-electron chi connectivity index (χ2n) is 5.04. The quantitative estimate of drug-likeness (QED) is 0.824. The third-order valence-corrected chi connectivity index (χ3v) is 4.66. The van der Waals surface area contributed by atoms with Crippen LogP contribution in [0.15, 0.2) is 0 Å². The summed E-state index contributed by atoms with van der Waals surface area (Å²) in [5.74, 6) is 0.669. The number of nitrogens with one attached hydrogen (secondary N) is 1. The van der Waals surface area contributed by atoms with Crippen molar-refractivity contribution in [2.45, 2.75) is 43.4 Å². The molecule has 1 fully saturated rings. The van der Waals surface area contributed by atoms with Gasteiger partial charge in [0.25, 0.3) is 0 Å². The molecule has 0 aliphatic heterocycles. The van der Waals surface area contributed by atoms with Gasteiger partial charge in [0.05, 0.1) is 11.8 Å². The van der Waals surface area contributed by atoms with Crippen LogP contribution in [0.2, 0.25) is 0 Å². The van der Waals surface area contributed by atoms with E-state index in [2.05, 4.69) is 11.4 Å². The molecule has 0 aromatic heterocycles. The summed E-state index contributed by atoms with van der Waals surface area (Å²) in [6.45, 7) is 2.85. The molecule has 0 radical (unpaired) electrons. The van der Waals surface area contributed by atoms with E-state index in [1.807, 2.05) is 6.92 Å². The predicted octanol–water partition coefficient (Wildman–Crippen LogP) is 1.62. The molecule has 18 heavy (non-hydrogen) atoms. The number of carbonyl (C=O) groups is 1. The lowest BCUT2D eigenvalue weighted by Crippen LogP contribution is -2.48. The van der Waals surface area contributed by atoms with E-state index >= 15 is 0 Å². The fourth-order valence-electron chi connectivity index (χ4n) is 2.32. The molecule has 0 spiro atoms. The molecule has 1 N–H and O–H groups in total. The Kier molecular flexibility index (Phi) is 5.97. The van der Waals surface area contributed by atoms with Gasteiger partial charge in [-0.15, -0.1) is 11.8 Å². The van der Waals surface area contributed by atoms with E-state index < -0.39 is 0 Å². The van der Waals surface area contributed by atoms with E-state index in [0.29, 0.717) is 11.0 Å². The summed E-state index contributed by atoms with van der Waals surface area (Å²) in [7, 11) is 3.56. The number of carbonyl (C=O) groups excluding carboxylic acids is 1. The first-order valence-electron chi connectivity index (χ1n) is 6.51. The molecule has 1 aliphatic carbocycles. The third kappa shape index (κ3) is 4.18. The molecule has 1 amide bonds. The highest BCUT2D eigenvalue weighted by Gasteiger charge is 2.36. The van der Waals surface area contributed by atoms with E-state index in [9.17, 15) is 10.1 Å². The molecule has 1 saturated carbocycles. The van der Waals surface area contributed by atoms with Crippen molar-refractivity contribution in [2.24, 2.45) is 0 Å². The number of rotatable bonds is 5. The first kappa shape index (κ1) is 15.3. The molecule has 2 atom stereocenters. The van der Waals surface area contributed by atoms with Crippen molar-refractivity contribution in [2.75, 3.05) is 26.4 Å². The normalized spacial score (nSPS) is 27.6. The monoisotopic (exact) mass is 269 g/mol. The van der Waals surface area contributed by atoms with Crippen molar-refractivity contribution >= 4 is 17.7 Å². The van der Waals surface area contributed by atoms with Crippen molar-refractivity contribution in [3.8, 4) is 6.07 Å². The maximum Gasteiger partial charge on any atom is 0.232 e. The fraction of sp³-hybridized carbons (Fsp3) is 0.846. The standard InChI is InChI=1S/C13H23N3OS/c1-4-15-13(10-14)7-5-6-11(8-13)18-9-12(17)16(2)3/h11,15H,4-9H2,1-3H3. The number of hydrogen-bond acceptors (Lipinski definition) is 4. The summed E-state index contributed by atoms with van der Waals surface area (Å²) in [5.41, 5.74) is -0.369. The Morgan fingerprint density at radius 1 is 1.61 bits per heavy atom. The number of hydrogen-bond donors (Lipinski definition) is 1. The van der Waals surface area contributed by atoms with E-state index in [-0.39, 0.29) is 11.4 Å². The van der Waals surface area contributed by atoms with Crippen LogP contribution in [0.1, 0.15) is 32.6 Å². The molecule has 5 heteroatoms. The first-order chi connectivity index (χ1) is 8.53. The maximum atomic E-state index is 11.6. The Balaban J connectivity index is 2.49. The number of nitrogens with zero attached hydrogens (tertiary/aromatic N) is 2. The second kappa shape index (κ2) is 7.01. The lowest BCUT2D eigenvalue weighted by atomic mass is 9.82. The minimum Gasteiger partial charge on any atom is -0.348 e. The molecule has 0 heterocycles. The average molecular weight is 269 g/mol. The number of amides is 1. The fourth-order valence-corrected chi connectivity index (χ4v) is 3.70. The summed E-state index contributed by atoms with van der Waals surface area (Å²) >= 11 is 1.70. The smallest absolute Gasteiger partial charge is 0.232 e. The summed E-state index contributed by atoms with van der Waals surface area (Å²) in [6.07, 6.45) is 3.95. The van der Waals surface area contributed by atoms with Crippen LogP contribution in [0.3, 0.4) is 0 Å². The number of thioether (sulfide) groups is 1. The van der Waals surface area contributed by atoms with Gasteiger partial charge in [0.2, 0.25) is 5.91 Å². The van der Waals surface area contributed by atoms with Gasteiger partial charge in [0, 0.05) is 19.3 Å². The zero-order valence-corrected chi connectivity index (χ0v) is 12.3. The van der Waals surface area contributed by atoms with Crippen LogP contribution in [-0.4, -0.2) is 48.0 Å². The topological polar surface area (TPSA) is 56.1 Å². The summed E-state index contributed by atoms with van der Waals surface area (Å²) in [6, 6.07) is 2.44. The maximum absolute atomic E-state index is 11.6. The van der Waals surface area contributed by atoms with Gasteiger partial charge < -0.3 is 4.90 Å². The Hall–Kier alpha value is -0.730. The predicted molar refractivity (Wildman–Crippen MR) is 75.4 cm³/mol. The van der Waals surface area contributed by atoms with Gasteiger partial charge in [0.15, 0.2) is 0 Å². The molecule has 1 aliphatic rings. The molecule has 4 nitrogen and oxygen atoms in total. The van der Waals surface area contributed by atoms with Crippen molar-refractivity contribution in [1.82, 2.24) is 10.2 Å². The summed E-state index contributed by atoms with van der Waals surface area (Å²) < 4.78 is 0. The second-order valence-corrected chi connectivity index (χ2v) is 6.33. The van der Waals surface area contributed by atoms with Crippen molar-refractivity contribution < 1.29 is 4.79 Å². The van der Waals surface area contributed by atoms with Crippen molar-refractivity contribution in [1.29, 1.82) is 5.26 Å². The lowest BCUT2D eigenvalue weighted by molar-refractivity contribution is -0.125. The highest BCUT2D eigenvalue weighted by molar-refractivity contribution is 8.00. The summed E-state index contributed by atoms with van der Waals surface area (Å²) in [4.78, 5) is 13.2. The third-order valence-electron chi connectivity index (χ3n) is 3.38. The highest BCUT2D eigenvalue weighted by atomic mass is 32.2. The molecule has 0 bridgehead atoms. The van der Waals surface area contributed by atoms with E-state index in [4.69, 9.17) is 0 Å². The zero-order chi connectivity index (χ0) is 13.6. The number of nitriles is 1. The van der Waals surface area contributed by atoms with Gasteiger partial charge in [-0.05, 0) is 32.2 Å². The lowest BCUT2D eigenvalue weighted by Gasteiger charge is -2.36. The van der Waals surface area contributed by atoms with Gasteiger partial charge in [0.1, 0.15) is 5.54 Å². The van der Waals surface area contributed by atoms with Crippen LogP contribution in [0.4, 0.5) is 0 Å².